The number of hydrogen-bond acceptors (Lipinski definition) is 6. The zero-order valence-electron chi connectivity index (χ0n) is 14.3. The van der Waals surface area contributed by atoms with Crippen molar-refractivity contribution in [3.63, 3.8) is 0 Å². The quantitative estimate of drug-likeness (QED) is 0.685. The maximum atomic E-state index is 12.0. The molecule has 0 aliphatic heterocycles. The molecule has 26 heavy (non-hydrogen) atoms. The Hall–Kier alpha value is -3.61. The average molecular weight is 351 g/mol. The van der Waals surface area contributed by atoms with Crippen LogP contribution in [0.3, 0.4) is 0 Å². The van der Waals surface area contributed by atoms with Crippen molar-refractivity contribution < 1.29 is 18.7 Å². The molecule has 0 saturated carbocycles. The highest BCUT2D eigenvalue weighted by Gasteiger charge is 2.13. The zero-order valence-corrected chi connectivity index (χ0v) is 14.3. The number of benzene rings is 2. The Labute approximate surface area is 150 Å². The minimum atomic E-state index is -0.364. The molecule has 1 N–H and O–H groups in total. The predicted octanol–water partition coefficient (Wildman–Crippen LogP) is 3.41. The third kappa shape index (κ3) is 4.07. The second-order valence-electron chi connectivity index (χ2n) is 5.22. The van der Waals surface area contributed by atoms with Crippen LogP contribution in [-0.4, -0.2) is 30.3 Å². The van der Waals surface area contributed by atoms with Gasteiger partial charge in [-0.25, -0.2) is 0 Å². The van der Waals surface area contributed by atoms with Crippen LogP contribution in [0.25, 0.3) is 17.5 Å². The lowest BCUT2D eigenvalue weighted by atomic mass is 10.2. The van der Waals surface area contributed by atoms with E-state index >= 15 is 0 Å². The van der Waals surface area contributed by atoms with Gasteiger partial charge in [0.1, 0.15) is 0 Å². The second kappa shape index (κ2) is 7.98. The van der Waals surface area contributed by atoms with Gasteiger partial charge in [0.2, 0.25) is 5.89 Å². The normalized spacial score (nSPS) is 10.7. The summed E-state index contributed by atoms with van der Waals surface area (Å²) < 4.78 is 15.9. The van der Waals surface area contributed by atoms with E-state index < -0.39 is 0 Å². The molecule has 132 valence electrons. The highest BCUT2D eigenvalue weighted by Crippen LogP contribution is 2.32. The first-order chi connectivity index (χ1) is 12.7. The molecule has 0 saturated heterocycles. The SMILES string of the molecule is COc1ccc(-c2nnc(NC(=O)/C=C/c3ccccc3)o2)cc1OC. The number of anilines is 1. The molecule has 0 unspecified atom stereocenters. The molecule has 0 atom stereocenters. The van der Waals surface area contributed by atoms with Crippen LogP contribution in [0.1, 0.15) is 5.56 Å². The smallest absolute Gasteiger partial charge is 0.322 e. The first-order valence-electron chi connectivity index (χ1n) is 7.79. The van der Waals surface area contributed by atoms with Gasteiger partial charge in [-0.05, 0) is 29.8 Å². The van der Waals surface area contributed by atoms with Gasteiger partial charge in [0, 0.05) is 11.6 Å². The van der Waals surface area contributed by atoms with Gasteiger partial charge < -0.3 is 13.9 Å². The molecule has 1 aromatic heterocycles. The van der Waals surface area contributed by atoms with E-state index in [1.165, 1.54) is 6.08 Å². The van der Waals surface area contributed by atoms with Gasteiger partial charge in [0.15, 0.2) is 11.5 Å². The number of nitrogens with zero attached hydrogens (tertiary/aromatic N) is 2. The van der Waals surface area contributed by atoms with Crippen LogP contribution >= 0.6 is 0 Å². The number of amides is 1. The van der Waals surface area contributed by atoms with Crippen LogP contribution in [0.4, 0.5) is 6.01 Å². The van der Waals surface area contributed by atoms with Crippen molar-refractivity contribution in [1.82, 2.24) is 10.2 Å². The molecule has 0 spiro atoms. The summed E-state index contributed by atoms with van der Waals surface area (Å²) in [6.07, 6.45) is 3.09. The molecule has 0 fully saturated rings. The summed E-state index contributed by atoms with van der Waals surface area (Å²) in [5.74, 6) is 1.03. The number of hydrogen-bond donors (Lipinski definition) is 1. The van der Waals surface area contributed by atoms with Gasteiger partial charge in [0.25, 0.3) is 5.91 Å². The molecule has 0 aliphatic rings. The van der Waals surface area contributed by atoms with Crippen LogP contribution in [0.2, 0.25) is 0 Å². The van der Waals surface area contributed by atoms with E-state index in [1.807, 2.05) is 30.3 Å². The van der Waals surface area contributed by atoms with E-state index in [9.17, 15) is 4.79 Å². The number of aromatic nitrogens is 2. The van der Waals surface area contributed by atoms with Crippen molar-refractivity contribution in [2.24, 2.45) is 0 Å². The van der Waals surface area contributed by atoms with Crippen molar-refractivity contribution in [1.29, 1.82) is 0 Å². The highest BCUT2D eigenvalue weighted by molar-refractivity contribution is 6.00. The van der Waals surface area contributed by atoms with E-state index in [0.717, 1.165) is 5.56 Å². The van der Waals surface area contributed by atoms with Gasteiger partial charge in [0.05, 0.1) is 14.2 Å². The Kier molecular flexibility index (Phi) is 5.28. The number of ether oxygens (including phenoxy) is 2. The first kappa shape index (κ1) is 17.2. The molecule has 7 heteroatoms. The number of nitrogens with one attached hydrogen (secondary N) is 1. The molecule has 3 rings (SSSR count). The highest BCUT2D eigenvalue weighted by atomic mass is 16.5. The Balaban J connectivity index is 1.70. The molecule has 0 bridgehead atoms. The van der Waals surface area contributed by atoms with Crippen molar-refractivity contribution in [3.8, 4) is 23.0 Å². The minimum absolute atomic E-state index is 0.0116. The summed E-state index contributed by atoms with van der Waals surface area (Å²) >= 11 is 0. The van der Waals surface area contributed by atoms with Crippen LogP contribution in [-0.2, 0) is 4.79 Å². The van der Waals surface area contributed by atoms with Gasteiger partial charge in [-0.3, -0.25) is 10.1 Å². The summed E-state index contributed by atoms with van der Waals surface area (Å²) in [5.41, 5.74) is 1.56. The molecule has 2 aromatic carbocycles. The molecule has 3 aromatic rings. The Morgan fingerprint density at radius 2 is 1.81 bits per heavy atom. The second-order valence-corrected chi connectivity index (χ2v) is 5.22. The van der Waals surface area contributed by atoms with E-state index in [4.69, 9.17) is 13.9 Å². The zero-order chi connectivity index (χ0) is 18.4. The van der Waals surface area contributed by atoms with Crippen LogP contribution < -0.4 is 14.8 Å². The Morgan fingerprint density at radius 1 is 1.04 bits per heavy atom. The monoisotopic (exact) mass is 351 g/mol. The molecule has 0 aliphatic carbocycles. The number of methoxy groups -OCH3 is 2. The van der Waals surface area contributed by atoms with Crippen LogP contribution in [0.15, 0.2) is 59.0 Å². The van der Waals surface area contributed by atoms with Gasteiger partial charge in [-0.2, -0.15) is 0 Å². The van der Waals surface area contributed by atoms with Crippen LogP contribution in [0, 0.1) is 0 Å². The maximum absolute atomic E-state index is 12.0. The van der Waals surface area contributed by atoms with Crippen LogP contribution in [0.5, 0.6) is 11.5 Å². The first-order valence-corrected chi connectivity index (χ1v) is 7.79. The van der Waals surface area contributed by atoms with Gasteiger partial charge in [-0.1, -0.05) is 35.4 Å². The van der Waals surface area contributed by atoms with Crippen molar-refractivity contribution in [2.75, 3.05) is 19.5 Å². The summed E-state index contributed by atoms with van der Waals surface area (Å²) in [7, 11) is 3.10. The standard InChI is InChI=1S/C19H17N3O4/c1-24-15-10-9-14(12-16(15)25-2)18-21-22-19(26-18)20-17(23)11-8-13-6-4-3-5-7-13/h3-12H,1-2H3,(H,20,22,23)/b11-8+. The van der Waals surface area contributed by atoms with Gasteiger partial charge >= 0.3 is 6.01 Å². The Morgan fingerprint density at radius 3 is 2.54 bits per heavy atom. The fourth-order valence-corrected chi connectivity index (χ4v) is 2.24. The maximum Gasteiger partial charge on any atom is 0.322 e. The largest absolute Gasteiger partial charge is 0.493 e. The third-order valence-corrected chi connectivity index (χ3v) is 3.51. The minimum Gasteiger partial charge on any atom is -0.493 e. The summed E-state index contributed by atoms with van der Waals surface area (Å²) in [4.78, 5) is 12.0. The van der Waals surface area contributed by atoms with E-state index in [1.54, 1.807) is 38.5 Å². The fourth-order valence-electron chi connectivity index (χ4n) is 2.24. The summed E-state index contributed by atoms with van der Waals surface area (Å²) in [6, 6.07) is 14.7. The molecule has 0 radical (unpaired) electrons. The lowest BCUT2D eigenvalue weighted by Crippen LogP contribution is -2.07. The van der Waals surface area contributed by atoms with Crippen molar-refractivity contribution >= 4 is 18.0 Å². The topological polar surface area (TPSA) is 86.5 Å². The lowest BCUT2D eigenvalue weighted by Gasteiger charge is -2.07. The molecular weight excluding hydrogens is 334 g/mol. The predicted molar refractivity (Wildman–Crippen MR) is 96.9 cm³/mol. The fraction of sp³-hybridized carbons (Fsp3) is 0.105. The Bertz CT molecular complexity index is 920. The number of carbonyl (C=O) groups excluding carboxylic acids is 1. The number of carbonyl (C=O) groups is 1. The van der Waals surface area contributed by atoms with Crippen molar-refractivity contribution in [2.45, 2.75) is 0 Å². The molecule has 7 nitrogen and oxygen atoms in total. The lowest BCUT2D eigenvalue weighted by molar-refractivity contribution is -0.112. The summed E-state index contributed by atoms with van der Waals surface area (Å²) in [6.45, 7) is 0. The molecular formula is C19H17N3O4. The van der Waals surface area contributed by atoms with E-state index in [2.05, 4.69) is 15.5 Å². The molecule has 1 amide bonds. The molecule has 1 heterocycles. The summed E-state index contributed by atoms with van der Waals surface area (Å²) in [5, 5.41) is 10.3. The van der Waals surface area contributed by atoms with Gasteiger partial charge in [-0.15, -0.1) is 5.10 Å². The number of rotatable bonds is 6. The van der Waals surface area contributed by atoms with E-state index in [0.29, 0.717) is 17.1 Å². The van der Waals surface area contributed by atoms with Crippen molar-refractivity contribution in [3.05, 3.63) is 60.2 Å². The van der Waals surface area contributed by atoms with E-state index in [-0.39, 0.29) is 17.8 Å². The third-order valence-electron chi connectivity index (χ3n) is 3.51. The average Bonchev–Trinajstić information content (AvgIpc) is 3.15.